The zero-order valence-corrected chi connectivity index (χ0v) is 22.5. The molecule has 2 rings (SSSR count). The first-order valence-corrected chi connectivity index (χ1v) is 12.5. The number of carbonyl (C=O) groups excluding carboxylic acids is 4. The predicted molar refractivity (Wildman–Crippen MR) is 142 cm³/mol. The maximum Gasteiger partial charge on any atom is 0.319 e. The smallest absolute Gasteiger partial charge is 0.319 e. The highest BCUT2D eigenvalue weighted by molar-refractivity contribution is 5.84. The SMILES string of the molecule is C.C=C1CC(C(C)(C)C)C(=O)N1CCNC(=O)CN1CCN(CC(=O)OC)CCN(CC(=O)OC)CC1. The van der Waals surface area contributed by atoms with Crippen molar-refractivity contribution < 1.29 is 28.7 Å². The Morgan fingerprint density at radius 3 is 1.70 bits per heavy atom. The average Bonchev–Trinajstić information content (AvgIpc) is 3.15. The van der Waals surface area contributed by atoms with E-state index in [-0.39, 0.29) is 62.1 Å². The van der Waals surface area contributed by atoms with Gasteiger partial charge in [-0.05, 0) is 11.8 Å². The molecule has 0 spiro atoms. The van der Waals surface area contributed by atoms with Gasteiger partial charge >= 0.3 is 11.9 Å². The number of hydrogen-bond donors (Lipinski definition) is 1. The molecule has 2 saturated heterocycles. The lowest BCUT2D eigenvalue weighted by Gasteiger charge is -2.26. The van der Waals surface area contributed by atoms with Crippen molar-refractivity contribution >= 4 is 23.8 Å². The topological polar surface area (TPSA) is 112 Å². The second-order valence-electron chi connectivity index (χ2n) is 10.5. The number of nitrogens with zero attached hydrogens (tertiary/aromatic N) is 4. The number of amides is 2. The van der Waals surface area contributed by atoms with Crippen molar-refractivity contribution in [2.75, 3.05) is 86.2 Å². The van der Waals surface area contributed by atoms with Crippen LogP contribution in [0.5, 0.6) is 0 Å². The lowest BCUT2D eigenvalue weighted by atomic mass is 9.79. The van der Waals surface area contributed by atoms with E-state index in [9.17, 15) is 19.2 Å². The van der Waals surface area contributed by atoms with Crippen molar-refractivity contribution in [2.24, 2.45) is 11.3 Å². The molecule has 1 unspecified atom stereocenters. The maximum absolute atomic E-state index is 12.8. The van der Waals surface area contributed by atoms with E-state index in [1.165, 1.54) is 14.2 Å². The number of methoxy groups -OCH3 is 2. The summed E-state index contributed by atoms with van der Waals surface area (Å²) in [5, 5.41) is 2.92. The molecule has 2 amide bonds. The Kier molecular flexibility index (Phi) is 13.2. The fourth-order valence-corrected chi connectivity index (χ4v) is 4.44. The molecule has 2 aliphatic rings. The van der Waals surface area contributed by atoms with E-state index >= 15 is 0 Å². The van der Waals surface area contributed by atoms with Gasteiger partial charge in [0.25, 0.3) is 0 Å². The third-order valence-corrected chi connectivity index (χ3v) is 6.81. The summed E-state index contributed by atoms with van der Waals surface area (Å²) in [5.74, 6) is -0.822. The van der Waals surface area contributed by atoms with E-state index in [0.29, 0.717) is 58.8 Å². The van der Waals surface area contributed by atoms with Crippen LogP contribution in [-0.2, 0) is 28.7 Å². The van der Waals surface area contributed by atoms with Crippen LogP contribution in [-0.4, -0.2) is 130 Å². The summed E-state index contributed by atoms with van der Waals surface area (Å²) in [5.41, 5.74) is 0.664. The van der Waals surface area contributed by atoms with Crippen LogP contribution in [0.3, 0.4) is 0 Å². The van der Waals surface area contributed by atoms with E-state index in [0.717, 1.165) is 5.70 Å². The number of ether oxygens (including phenoxy) is 2. The predicted octanol–water partition coefficient (Wildman–Crippen LogP) is 0.413. The van der Waals surface area contributed by atoms with Crippen LogP contribution in [0, 0.1) is 11.3 Å². The van der Waals surface area contributed by atoms with E-state index in [1.54, 1.807) is 4.90 Å². The largest absolute Gasteiger partial charge is 0.468 e. The number of likely N-dealkylation sites (tertiary alicyclic amines) is 1. The first kappa shape index (κ1) is 32.5. The maximum atomic E-state index is 12.8. The van der Waals surface area contributed by atoms with Gasteiger partial charge in [-0.15, -0.1) is 0 Å². The van der Waals surface area contributed by atoms with Gasteiger partial charge in [0.2, 0.25) is 11.8 Å². The van der Waals surface area contributed by atoms with E-state index < -0.39 is 0 Å². The number of esters is 2. The summed E-state index contributed by atoms with van der Waals surface area (Å²) in [7, 11) is 2.71. The first-order valence-electron chi connectivity index (χ1n) is 12.5. The fourth-order valence-electron chi connectivity index (χ4n) is 4.44. The summed E-state index contributed by atoms with van der Waals surface area (Å²) < 4.78 is 9.61. The molecule has 1 N–H and O–H groups in total. The molecular weight excluding hydrogens is 478 g/mol. The second-order valence-corrected chi connectivity index (χ2v) is 10.5. The minimum atomic E-state index is -0.329. The lowest BCUT2D eigenvalue weighted by Crippen LogP contribution is -2.45. The molecule has 37 heavy (non-hydrogen) atoms. The molecule has 0 bridgehead atoms. The Morgan fingerprint density at radius 2 is 1.32 bits per heavy atom. The molecule has 1 atom stereocenters. The molecule has 0 radical (unpaired) electrons. The van der Waals surface area contributed by atoms with E-state index in [2.05, 4.69) is 32.7 Å². The molecule has 212 valence electrons. The molecule has 11 nitrogen and oxygen atoms in total. The van der Waals surface area contributed by atoms with Crippen molar-refractivity contribution in [3.63, 3.8) is 0 Å². The normalized spacial score (nSPS) is 20.5. The minimum Gasteiger partial charge on any atom is -0.468 e. The quantitative estimate of drug-likeness (QED) is 0.428. The zero-order valence-electron chi connectivity index (χ0n) is 22.5. The Labute approximate surface area is 222 Å². The van der Waals surface area contributed by atoms with Gasteiger partial charge in [-0.2, -0.15) is 0 Å². The number of nitrogens with one attached hydrogen (secondary N) is 1. The number of carbonyl (C=O) groups is 4. The standard InChI is InChI=1S/C25H43N5O6.CH4/c1-19-15-20(25(2,3)4)24(34)30(19)8-7-26-21(31)16-27-9-11-28(17-22(32)35-5)13-14-29(12-10-27)18-23(33)36-6;/h20H,1,7-18H2,2-6H3,(H,26,31);1H4. The Hall–Kier alpha value is -2.50. The van der Waals surface area contributed by atoms with Gasteiger partial charge in [0.15, 0.2) is 0 Å². The van der Waals surface area contributed by atoms with Gasteiger partial charge in [-0.3, -0.25) is 33.9 Å². The van der Waals surface area contributed by atoms with Crippen molar-refractivity contribution in [3.05, 3.63) is 12.3 Å². The molecule has 2 fully saturated rings. The van der Waals surface area contributed by atoms with Crippen molar-refractivity contribution in [1.29, 1.82) is 0 Å². The third kappa shape index (κ3) is 10.4. The van der Waals surface area contributed by atoms with E-state index in [1.807, 2.05) is 14.7 Å². The zero-order chi connectivity index (χ0) is 26.9. The number of allylic oxidation sites excluding steroid dienone is 1. The van der Waals surface area contributed by atoms with Gasteiger partial charge < -0.3 is 19.7 Å². The lowest BCUT2D eigenvalue weighted by molar-refractivity contribution is -0.143. The summed E-state index contributed by atoms with van der Waals surface area (Å²) in [6.07, 6.45) is 0.647. The van der Waals surface area contributed by atoms with Crippen LogP contribution in [0.4, 0.5) is 0 Å². The monoisotopic (exact) mass is 525 g/mol. The second kappa shape index (κ2) is 15.0. The highest BCUT2D eigenvalue weighted by Crippen LogP contribution is 2.38. The highest BCUT2D eigenvalue weighted by Gasteiger charge is 2.41. The van der Waals surface area contributed by atoms with Gasteiger partial charge in [0.05, 0.1) is 33.9 Å². The Morgan fingerprint density at radius 1 is 0.892 bits per heavy atom. The van der Waals surface area contributed by atoms with Crippen molar-refractivity contribution in [2.45, 2.75) is 34.6 Å². The van der Waals surface area contributed by atoms with Crippen molar-refractivity contribution in [3.8, 4) is 0 Å². The summed E-state index contributed by atoms with van der Waals surface area (Å²) >= 11 is 0. The van der Waals surface area contributed by atoms with Crippen LogP contribution >= 0.6 is 0 Å². The van der Waals surface area contributed by atoms with Gasteiger partial charge in [-0.25, -0.2) is 0 Å². The highest BCUT2D eigenvalue weighted by atomic mass is 16.5. The van der Waals surface area contributed by atoms with Crippen LogP contribution in [0.2, 0.25) is 0 Å². The summed E-state index contributed by atoms with van der Waals surface area (Å²) in [4.78, 5) is 56.7. The fraction of sp³-hybridized carbons (Fsp3) is 0.769. The van der Waals surface area contributed by atoms with Gasteiger partial charge in [0, 0.05) is 64.0 Å². The first-order chi connectivity index (χ1) is 16.9. The summed E-state index contributed by atoms with van der Waals surface area (Å²) in [6.45, 7) is 15.0. The minimum absolute atomic E-state index is 0. The molecule has 0 aliphatic carbocycles. The molecule has 0 aromatic rings. The van der Waals surface area contributed by atoms with Crippen LogP contribution < -0.4 is 5.32 Å². The molecule has 0 saturated carbocycles. The van der Waals surface area contributed by atoms with Gasteiger partial charge in [0.1, 0.15) is 0 Å². The van der Waals surface area contributed by atoms with Crippen molar-refractivity contribution in [1.82, 2.24) is 24.9 Å². The summed E-state index contributed by atoms with van der Waals surface area (Å²) in [6, 6.07) is 0. The van der Waals surface area contributed by atoms with Crippen LogP contribution in [0.15, 0.2) is 12.3 Å². The molecule has 0 aromatic carbocycles. The van der Waals surface area contributed by atoms with Crippen LogP contribution in [0.1, 0.15) is 34.6 Å². The van der Waals surface area contributed by atoms with Gasteiger partial charge in [-0.1, -0.05) is 34.8 Å². The average molecular weight is 526 g/mol. The molecule has 0 aromatic heterocycles. The third-order valence-electron chi connectivity index (χ3n) is 6.81. The molecular formula is C26H47N5O6. The van der Waals surface area contributed by atoms with E-state index in [4.69, 9.17) is 9.47 Å². The molecule has 11 heteroatoms. The number of rotatable bonds is 9. The Bertz CT molecular complexity index is 782. The number of hydrogen-bond acceptors (Lipinski definition) is 9. The van der Waals surface area contributed by atoms with Crippen LogP contribution in [0.25, 0.3) is 0 Å². The molecule has 2 heterocycles. The molecule has 2 aliphatic heterocycles. The Balaban J connectivity index is 0.00000684.